The third-order valence-electron chi connectivity index (χ3n) is 4.69. The molecule has 0 aromatic rings. The van der Waals surface area contributed by atoms with Crippen LogP contribution in [0.15, 0.2) is 11.6 Å². The Bertz CT molecular complexity index is 461. The number of hydrogen-bond donors (Lipinski definition) is 0. The second-order valence-corrected chi connectivity index (χ2v) is 6.50. The van der Waals surface area contributed by atoms with Crippen molar-refractivity contribution in [3.8, 4) is 0 Å². The van der Waals surface area contributed by atoms with Gasteiger partial charge in [-0.05, 0) is 31.6 Å². The fourth-order valence-electron chi connectivity index (χ4n) is 3.35. The minimum absolute atomic E-state index is 0.0349. The van der Waals surface area contributed by atoms with E-state index in [-0.39, 0.29) is 24.5 Å². The molecule has 1 heterocycles. The van der Waals surface area contributed by atoms with Crippen molar-refractivity contribution >= 4 is 5.97 Å². The fourth-order valence-corrected chi connectivity index (χ4v) is 3.35. The summed E-state index contributed by atoms with van der Waals surface area (Å²) in [7, 11) is 1.32. The number of hydrogen-bond acceptors (Lipinski definition) is 4. The Balaban J connectivity index is 2.07. The number of methoxy groups -OCH3 is 1. The van der Waals surface area contributed by atoms with Crippen LogP contribution in [-0.2, 0) is 19.0 Å². The monoisotopic (exact) mass is 350 g/mol. The number of carbonyl (C=O) groups excluding carboxylic acids is 1. The minimum atomic E-state index is -4.13. The van der Waals surface area contributed by atoms with Crippen LogP contribution in [0.25, 0.3) is 0 Å². The lowest BCUT2D eigenvalue weighted by Gasteiger charge is -2.35. The summed E-state index contributed by atoms with van der Waals surface area (Å²) in [4.78, 5) is 12.1. The summed E-state index contributed by atoms with van der Waals surface area (Å²) in [5.74, 6) is -0.991. The summed E-state index contributed by atoms with van der Waals surface area (Å²) in [6.07, 6.45) is -1.86. The molecule has 4 nitrogen and oxygen atoms in total. The van der Waals surface area contributed by atoms with Crippen LogP contribution in [0, 0.1) is 11.8 Å². The number of ether oxygens (including phenoxy) is 3. The summed E-state index contributed by atoms with van der Waals surface area (Å²) < 4.78 is 53.4. The number of rotatable bonds is 5. The second-order valence-electron chi connectivity index (χ2n) is 6.50. The molecule has 2 rings (SSSR count). The van der Waals surface area contributed by atoms with Crippen LogP contribution >= 0.6 is 0 Å². The highest BCUT2D eigenvalue weighted by Gasteiger charge is 2.41. The van der Waals surface area contributed by atoms with Gasteiger partial charge in [-0.1, -0.05) is 18.6 Å². The van der Waals surface area contributed by atoms with Crippen LogP contribution in [-0.4, -0.2) is 44.7 Å². The molecule has 1 aliphatic heterocycles. The second kappa shape index (κ2) is 8.34. The van der Waals surface area contributed by atoms with Crippen LogP contribution in [0.2, 0.25) is 0 Å². The zero-order chi connectivity index (χ0) is 17.7. The summed E-state index contributed by atoms with van der Waals surface area (Å²) in [5, 5.41) is 0. The SMILES string of the molecule is COC(=O)C1C=C(C(C)CCCC(F)(F)F)CC2OCCCOC21. The minimum Gasteiger partial charge on any atom is -0.468 e. The zero-order valence-corrected chi connectivity index (χ0v) is 14.1. The smallest absolute Gasteiger partial charge is 0.389 e. The van der Waals surface area contributed by atoms with Crippen molar-refractivity contribution in [2.45, 2.75) is 57.4 Å². The summed E-state index contributed by atoms with van der Waals surface area (Å²) >= 11 is 0. The lowest BCUT2D eigenvalue weighted by atomic mass is 9.79. The molecule has 0 radical (unpaired) electrons. The highest BCUT2D eigenvalue weighted by atomic mass is 19.4. The van der Waals surface area contributed by atoms with Gasteiger partial charge in [0.25, 0.3) is 0 Å². The van der Waals surface area contributed by atoms with Crippen LogP contribution in [0.4, 0.5) is 13.2 Å². The van der Waals surface area contributed by atoms with Crippen molar-refractivity contribution in [1.82, 2.24) is 0 Å². The lowest BCUT2D eigenvalue weighted by molar-refractivity contribution is -0.153. The van der Waals surface area contributed by atoms with Crippen molar-refractivity contribution in [2.24, 2.45) is 11.8 Å². The molecule has 0 N–H and O–H groups in total. The van der Waals surface area contributed by atoms with Gasteiger partial charge in [-0.3, -0.25) is 4.79 Å². The van der Waals surface area contributed by atoms with Gasteiger partial charge in [0.15, 0.2) is 0 Å². The van der Waals surface area contributed by atoms with E-state index in [0.717, 1.165) is 12.0 Å². The molecule has 138 valence electrons. The third kappa shape index (κ3) is 5.21. The molecule has 0 aromatic carbocycles. The standard InChI is InChI=1S/C17H25F3O4/c1-11(5-3-6-17(18,19)20)12-9-13(16(21)22-2)15-14(10-12)23-7-4-8-24-15/h9,11,13-15H,3-8,10H2,1-2H3. The molecule has 4 unspecified atom stereocenters. The van der Waals surface area contributed by atoms with Crippen LogP contribution in [0.5, 0.6) is 0 Å². The van der Waals surface area contributed by atoms with Gasteiger partial charge < -0.3 is 14.2 Å². The topological polar surface area (TPSA) is 44.8 Å². The fraction of sp³-hybridized carbons (Fsp3) is 0.824. The Hall–Kier alpha value is -1.08. The van der Waals surface area contributed by atoms with E-state index in [1.54, 1.807) is 0 Å². The van der Waals surface area contributed by atoms with Gasteiger partial charge in [-0.15, -0.1) is 0 Å². The first-order chi connectivity index (χ1) is 11.3. The highest BCUT2D eigenvalue weighted by Crippen LogP contribution is 2.36. The van der Waals surface area contributed by atoms with Crippen molar-refractivity contribution < 1.29 is 32.2 Å². The Morgan fingerprint density at radius 2 is 2.08 bits per heavy atom. The molecule has 7 heteroatoms. The molecule has 2 aliphatic rings. The summed E-state index contributed by atoms with van der Waals surface area (Å²) in [6.45, 7) is 2.98. The predicted octanol–water partition coefficient (Wildman–Crippen LogP) is 3.65. The molecule has 1 fully saturated rings. The van der Waals surface area contributed by atoms with E-state index in [2.05, 4.69) is 0 Å². The maximum absolute atomic E-state index is 12.3. The zero-order valence-electron chi connectivity index (χ0n) is 14.1. The largest absolute Gasteiger partial charge is 0.468 e. The third-order valence-corrected chi connectivity index (χ3v) is 4.69. The Kier molecular flexibility index (Phi) is 6.69. The maximum atomic E-state index is 12.3. The molecule has 1 aliphatic carbocycles. The van der Waals surface area contributed by atoms with Crippen molar-refractivity contribution in [3.63, 3.8) is 0 Å². The van der Waals surface area contributed by atoms with Crippen LogP contribution < -0.4 is 0 Å². The average Bonchev–Trinajstić information content (AvgIpc) is 2.77. The van der Waals surface area contributed by atoms with Gasteiger partial charge in [0.1, 0.15) is 12.0 Å². The molecule has 0 bridgehead atoms. The van der Waals surface area contributed by atoms with E-state index in [9.17, 15) is 18.0 Å². The first-order valence-electron chi connectivity index (χ1n) is 8.40. The first-order valence-corrected chi connectivity index (χ1v) is 8.40. The van der Waals surface area contributed by atoms with Gasteiger partial charge in [-0.25, -0.2) is 0 Å². The van der Waals surface area contributed by atoms with Gasteiger partial charge in [0.2, 0.25) is 0 Å². The van der Waals surface area contributed by atoms with Crippen LogP contribution in [0.3, 0.4) is 0 Å². The molecular formula is C17H25F3O4. The molecule has 4 atom stereocenters. The maximum Gasteiger partial charge on any atom is 0.389 e. The quantitative estimate of drug-likeness (QED) is 0.561. The van der Waals surface area contributed by atoms with E-state index in [1.165, 1.54) is 7.11 Å². The predicted molar refractivity (Wildman–Crippen MR) is 81.4 cm³/mol. The number of esters is 1. The summed E-state index contributed by atoms with van der Waals surface area (Å²) in [6, 6.07) is 0. The van der Waals surface area contributed by atoms with E-state index >= 15 is 0 Å². The number of carbonyl (C=O) groups is 1. The van der Waals surface area contributed by atoms with Crippen molar-refractivity contribution in [3.05, 3.63) is 11.6 Å². The number of fused-ring (bicyclic) bond motifs is 1. The van der Waals surface area contributed by atoms with E-state index in [4.69, 9.17) is 14.2 Å². The first kappa shape index (κ1) is 19.2. The van der Waals surface area contributed by atoms with E-state index in [0.29, 0.717) is 26.1 Å². The van der Waals surface area contributed by atoms with Crippen molar-refractivity contribution in [2.75, 3.05) is 20.3 Å². The Morgan fingerprint density at radius 1 is 1.38 bits per heavy atom. The highest BCUT2D eigenvalue weighted by molar-refractivity contribution is 5.75. The number of halogens is 3. The molecule has 0 spiro atoms. The van der Waals surface area contributed by atoms with Crippen molar-refractivity contribution in [1.29, 1.82) is 0 Å². The molecule has 0 saturated carbocycles. The molecule has 0 amide bonds. The van der Waals surface area contributed by atoms with Gasteiger partial charge in [0.05, 0.1) is 13.2 Å². The Labute approximate surface area is 140 Å². The van der Waals surface area contributed by atoms with Crippen LogP contribution in [0.1, 0.15) is 39.0 Å². The number of alkyl halides is 3. The lowest BCUT2D eigenvalue weighted by Crippen LogP contribution is -2.43. The van der Waals surface area contributed by atoms with Gasteiger partial charge in [0, 0.05) is 19.6 Å². The average molecular weight is 350 g/mol. The van der Waals surface area contributed by atoms with E-state index in [1.807, 2.05) is 13.0 Å². The molecule has 24 heavy (non-hydrogen) atoms. The molecular weight excluding hydrogens is 325 g/mol. The normalized spacial score (nSPS) is 29.2. The van der Waals surface area contributed by atoms with Gasteiger partial charge >= 0.3 is 12.1 Å². The molecule has 1 saturated heterocycles. The summed E-state index contributed by atoms with van der Waals surface area (Å²) in [5.41, 5.74) is 0.958. The Morgan fingerprint density at radius 3 is 2.75 bits per heavy atom. The van der Waals surface area contributed by atoms with Gasteiger partial charge in [-0.2, -0.15) is 13.2 Å². The van der Waals surface area contributed by atoms with E-state index < -0.39 is 24.5 Å². The molecule has 0 aromatic heterocycles.